The summed E-state index contributed by atoms with van der Waals surface area (Å²) in [6, 6.07) is 6.94. The zero-order valence-electron chi connectivity index (χ0n) is 12.1. The van der Waals surface area contributed by atoms with E-state index in [9.17, 15) is 9.59 Å². The molecule has 1 unspecified atom stereocenters. The van der Waals surface area contributed by atoms with Crippen molar-refractivity contribution >= 4 is 17.6 Å². The van der Waals surface area contributed by atoms with E-state index in [1.807, 2.05) is 0 Å². The van der Waals surface area contributed by atoms with Gasteiger partial charge in [-0.25, -0.2) is 0 Å². The molecule has 1 atom stereocenters. The summed E-state index contributed by atoms with van der Waals surface area (Å²) in [5.41, 5.74) is 1.28. The summed E-state index contributed by atoms with van der Waals surface area (Å²) in [6.45, 7) is 7.36. The number of ether oxygens (including phenoxy) is 1. The number of anilines is 1. The predicted octanol–water partition coefficient (Wildman–Crippen LogP) is 2.50. The normalized spacial score (nSPS) is 19.8. The molecule has 1 heterocycles. The van der Waals surface area contributed by atoms with Crippen LogP contribution in [0.2, 0.25) is 0 Å². The van der Waals surface area contributed by atoms with Crippen LogP contribution in [-0.4, -0.2) is 18.0 Å². The van der Waals surface area contributed by atoms with Crippen molar-refractivity contribution in [1.82, 2.24) is 0 Å². The lowest BCUT2D eigenvalue weighted by atomic mass is 9.84. The molecule has 21 heavy (non-hydrogen) atoms. The highest BCUT2D eigenvalue weighted by Crippen LogP contribution is 2.38. The van der Waals surface area contributed by atoms with Gasteiger partial charge in [-0.15, -0.1) is 6.42 Å². The van der Waals surface area contributed by atoms with Crippen LogP contribution in [0.4, 0.5) is 5.69 Å². The van der Waals surface area contributed by atoms with Crippen molar-refractivity contribution in [2.75, 3.05) is 5.32 Å². The molecule has 0 aliphatic carbocycles. The second kappa shape index (κ2) is 5.45. The first-order valence-electron chi connectivity index (χ1n) is 6.61. The van der Waals surface area contributed by atoms with Crippen LogP contribution in [0.5, 0.6) is 0 Å². The van der Waals surface area contributed by atoms with Crippen LogP contribution in [0.3, 0.4) is 0 Å². The lowest BCUT2D eigenvalue weighted by Gasteiger charge is -2.15. The van der Waals surface area contributed by atoms with Gasteiger partial charge < -0.3 is 10.1 Å². The van der Waals surface area contributed by atoms with Crippen molar-refractivity contribution in [2.24, 2.45) is 5.41 Å². The van der Waals surface area contributed by atoms with E-state index in [1.165, 1.54) is 0 Å². The Labute approximate surface area is 124 Å². The molecule has 4 heteroatoms. The van der Waals surface area contributed by atoms with Gasteiger partial charge in [0.25, 0.3) is 0 Å². The molecule has 1 N–H and O–H groups in total. The molecule has 1 amide bonds. The van der Waals surface area contributed by atoms with Crippen molar-refractivity contribution < 1.29 is 14.3 Å². The summed E-state index contributed by atoms with van der Waals surface area (Å²) >= 11 is 0. The molecule has 108 valence electrons. The Kier molecular flexibility index (Phi) is 3.86. The van der Waals surface area contributed by atoms with Gasteiger partial charge in [-0.3, -0.25) is 9.59 Å². The number of cyclic esters (lactones) is 1. The Hall–Kier alpha value is -2.54. The fourth-order valence-corrected chi connectivity index (χ4v) is 2.08. The summed E-state index contributed by atoms with van der Waals surface area (Å²) < 4.78 is 5.21. The number of hydrogen-bond donors (Lipinski definition) is 1. The Bertz CT molecular complexity index is 635. The molecular weight excluding hydrogens is 266 g/mol. The molecule has 0 radical (unpaired) electrons. The number of benzene rings is 1. The quantitative estimate of drug-likeness (QED) is 0.527. The van der Waals surface area contributed by atoms with Crippen molar-refractivity contribution in [3.63, 3.8) is 0 Å². The van der Waals surface area contributed by atoms with Crippen LogP contribution in [0.15, 0.2) is 36.4 Å². The van der Waals surface area contributed by atoms with Gasteiger partial charge >= 0.3 is 5.97 Å². The molecule has 1 saturated heterocycles. The van der Waals surface area contributed by atoms with Gasteiger partial charge in [-0.05, 0) is 43.7 Å². The molecule has 0 spiro atoms. The van der Waals surface area contributed by atoms with Gasteiger partial charge in [0.15, 0.2) is 0 Å². The zero-order valence-corrected chi connectivity index (χ0v) is 12.1. The molecule has 4 nitrogen and oxygen atoms in total. The topological polar surface area (TPSA) is 55.4 Å². The number of nitrogens with one attached hydrogen (secondary N) is 1. The number of amides is 1. The van der Waals surface area contributed by atoms with E-state index < -0.39 is 11.5 Å². The molecular formula is C17H17NO3. The lowest BCUT2D eigenvalue weighted by Crippen LogP contribution is -2.22. The third-order valence-corrected chi connectivity index (χ3v) is 3.66. The minimum absolute atomic E-state index is 0.0604. The van der Waals surface area contributed by atoms with Crippen LogP contribution in [0.25, 0.3) is 0 Å². The first-order valence-corrected chi connectivity index (χ1v) is 6.61. The standard InChI is InChI=1S/C17H17NO3/c1-5-12-6-8-13(9-7-12)18-15(19)10-14-11(2)17(3,4)16(20)21-14/h1,6-9,14H,2,10H2,3-4H3,(H,18,19). The van der Waals surface area contributed by atoms with E-state index in [0.717, 1.165) is 5.56 Å². The number of hydrogen-bond acceptors (Lipinski definition) is 3. The van der Waals surface area contributed by atoms with Gasteiger partial charge in [0.2, 0.25) is 5.91 Å². The van der Waals surface area contributed by atoms with Crippen molar-refractivity contribution in [3.05, 3.63) is 42.0 Å². The maximum absolute atomic E-state index is 12.0. The van der Waals surface area contributed by atoms with Crippen LogP contribution in [0.1, 0.15) is 25.8 Å². The second-order valence-corrected chi connectivity index (χ2v) is 5.52. The largest absolute Gasteiger partial charge is 0.457 e. The third kappa shape index (κ3) is 2.97. The number of terminal acetylenes is 1. The van der Waals surface area contributed by atoms with E-state index in [1.54, 1.807) is 38.1 Å². The fraction of sp³-hybridized carbons (Fsp3) is 0.294. The highest BCUT2D eigenvalue weighted by Gasteiger charge is 2.45. The second-order valence-electron chi connectivity index (χ2n) is 5.52. The Morgan fingerprint density at radius 2 is 2.05 bits per heavy atom. The monoisotopic (exact) mass is 283 g/mol. The average molecular weight is 283 g/mol. The van der Waals surface area contributed by atoms with Crippen molar-refractivity contribution in [3.8, 4) is 12.3 Å². The van der Waals surface area contributed by atoms with Crippen LogP contribution >= 0.6 is 0 Å². The summed E-state index contributed by atoms with van der Waals surface area (Å²) in [6.07, 6.45) is 4.76. The smallest absolute Gasteiger partial charge is 0.316 e. The Morgan fingerprint density at radius 1 is 1.43 bits per heavy atom. The summed E-state index contributed by atoms with van der Waals surface area (Å²) in [7, 11) is 0. The maximum atomic E-state index is 12.0. The number of esters is 1. The molecule has 0 bridgehead atoms. The highest BCUT2D eigenvalue weighted by atomic mass is 16.6. The highest BCUT2D eigenvalue weighted by molar-refractivity contribution is 5.92. The molecule has 1 aliphatic rings. The van der Waals surface area contributed by atoms with Crippen LogP contribution < -0.4 is 5.32 Å². The third-order valence-electron chi connectivity index (χ3n) is 3.66. The van der Waals surface area contributed by atoms with E-state index in [0.29, 0.717) is 11.3 Å². The molecule has 1 aromatic rings. The maximum Gasteiger partial charge on any atom is 0.316 e. The van der Waals surface area contributed by atoms with E-state index in [4.69, 9.17) is 11.2 Å². The van der Waals surface area contributed by atoms with Crippen molar-refractivity contribution in [1.29, 1.82) is 0 Å². The minimum atomic E-state index is -0.737. The predicted molar refractivity (Wildman–Crippen MR) is 80.4 cm³/mol. The van der Waals surface area contributed by atoms with E-state index in [-0.39, 0.29) is 18.3 Å². The van der Waals surface area contributed by atoms with E-state index >= 15 is 0 Å². The average Bonchev–Trinajstić information content (AvgIpc) is 2.63. The first kappa shape index (κ1) is 14.9. The van der Waals surface area contributed by atoms with E-state index in [2.05, 4.69) is 17.8 Å². The summed E-state index contributed by atoms with van der Waals surface area (Å²) in [5, 5.41) is 2.74. The van der Waals surface area contributed by atoms with Gasteiger partial charge in [0, 0.05) is 11.3 Å². The fourth-order valence-electron chi connectivity index (χ4n) is 2.08. The number of carbonyl (C=O) groups excluding carboxylic acids is 2. The Morgan fingerprint density at radius 3 is 2.52 bits per heavy atom. The first-order chi connectivity index (χ1) is 9.84. The Balaban J connectivity index is 1.98. The SMILES string of the molecule is C#Cc1ccc(NC(=O)CC2OC(=O)C(C)(C)C2=C)cc1. The number of rotatable bonds is 3. The molecule has 1 fully saturated rings. The van der Waals surface area contributed by atoms with Gasteiger partial charge in [0.1, 0.15) is 6.10 Å². The minimum Gasteiger partial charge on any atom is -0.457 e. The van der Waals surface area contributed by atoms with Crippen LogP contribution in [-0.2, 0) is 14.3 Å². The van der Waals surface area contributed by atoms with Gasteiger partial charge in [-0.2, -0.15) is 0 Å². The zero-order chi connectivity index (χ0) is 15.6. The number of carbonyl (C=O) groups is 2. The molecule has 1 aliphatic heterocycles. The summed E-state index contributed by atoms with van der Waals surface area (Å²) in [4.78, 5) is 23.7. The van der Waals surface area contributed by atoms with Crippen LogP contribution in [0, 0.1) is 17.8 Å². The molecule has 0 aromatic heterocycles. The lowest BCUT2D eigenvalue weighted by molar-refractivity contribution is -0.147. The molecule has 2 rings (SSSR count). The van der Waals surface area contributed by atoms with Gasteiger partial charge in [0.05, 0.1) is 11.8 Å². The summed E-state index contributed by atoms with van der Waals surface area (Å²) in [5.74, 6) is 1.92. The van der Waals surface area contributed by atoms with Crippen molar-refractivity contribution in [2.45, 2.75) is 26.4 Å². The molecule has 0 saturated carbocycles. The van der Waals surface area contributed by atoms with Gasteiger partial charge in [-0.1, -0.05) is 12.5 Å². The molecule has 1 aromatic carbocycles.